The van der Waals surface area contributed by atoms with Gasteiger partial charge in [-0.1, -0.05) is 55.3 Å². The summed E-state index contributed by atoms with van der Waals surface area (Å²) in [4.78, 5) is 6.02. The average molecular weight is 239 g/mol. The van der Waals surface area contributed by atoms with E-state index >= 15 is 0 Å². The minimum atomic E-state index is 0.671. The second kappa shape index (κ2) is 7.85. The first-order valence-corrected chi connectivity index (χ1v) is 6.01. The van der Waals surface area contributed by atoms with Gasteiger partial charge in [0.2, 0.25) is 0 Å². The summed E-state index contributed by atoms with van der Waals surface area (Å²) in [6, 6.07) is 10.1. The largest absolute Gasteiger partial charge is 0.404 e. The molecule has 1 rings (SSSR count). The molecule has 0 aliphatic rings. The van der Waals surface area contributed by atoms with Gasteiger partial charge in [0, 0.05) is 20.5 Å². The van der Waals surface area contributed by atoms with Crippen molar-refractivity contribution < 1.29 is 0 Å². The van der Waals surface area contributed by atoms with Gasteiger partial charge in [-0.2, -0.15) is 0 Å². The van der Waals surface area contributed by atoms with Crippen molar-refractivity contribution in [1.29, 1.82) is 0 Å². The van der Waals surface area contributed by atoms with Crippen LogP contribution in [0, 0.1) is 0 Å². The number of aliphatic imine (C=N–C) groups is 1. The lowest BCUT2D eigenvalue weighted by molar-refractivity contribution is 0.658. The third kappa shape index (κ3) is 4.57. The van der Waals surface area contributed by atoms with Crippen LogP contribution >= 0.6 is 11.8 Å². The first-order valence-electron chi connectivity index (χ1n) is 5.13. The summed E-state index contributed by atoms with van der Waals surface area (Å²) in [5.74, 6) is 0. The van der Waals surface area contributed by atoms with Crippen molar-refractivity contribution in [1.82, 2.24) is 4.81 Å². The molecule has 0 spiro atoms. The molecule has 0 N–H and O–H groups in total. The molecule has 17 heavy (non-hydrogen) atoms. The summed E-state index contributed by atoms with van der Waals surface area (Å²) in [6.07, 6.45) is 1.49. The van der Waals surface area contributed by atoms with Crippen LogP contribution in [0.2, 0.25) is 0 Å². The van der Waals surface area contributed by atoms with Crippen molar-refractivity contribution in [3.05, 3.63) is 60.7 Å². The molecule has 0 aromatic heterocycles. The van der Waals surface area contributed by atoms with Crippen LogP contribution in [0.5, 0.6) is 0 Å². The van der Waals surface area contributed by atoms with Gasteiger partial charge in [-0.05, 0) is 11.0 Å². The van der Waals surface area contributed by atoms with Crippen LogP contribution in [-0.4, -0.2) is 25.0 Å². The van der Waals surface area contributed by atoms with E-state index in [1.54, 1.807) is 5.41 Å². The summed E-state index contributed by atoms with van der Waals surface area (Å²) >= 11 is 1.41. The van der Waals surface area contributed by atoms with Gasteiger partial charge in [0.15, 0.2) is 12.5 Å². The molecule has 0 unspecified atom stereocenters. The summed E-state index contributed by atoms with van der Waals surface area (Å²) in [5.41, 5.74) is 1.16. The van der Waals surface area contributed by atoms with E-state index in [-0.39, 0.29) is 0 Å². The quantitative estimate of drug-likeness (QED) is 0.445. The van der Waals surface area contributed by atoms with E-state index in [9.17, 15) is 0 Å². The maximum atomic E-state index is 5.62. The monoisotopic (exact) mass is 239 g/mol. The van der Waals surface area contributed by atoms with E-state index in [0.29, 0.717) is 6.54 Å². The summed E-state index contributed by atoms with van der Waals surface area (Å²) in [7, 11) is 7.13. The lowest BCUT2D eigenvalue weighted by atomic mass is 9.65. The molecule has 1 aromatic rings. The van der Waals surface area contributed by atoms with Crippen molar-refractivity contribution >= 4 is 32.0 Å². The fourth-order valence-electron chi connectivity index (χ4n) is 1.29. The van der Waals surface area contributed by atoms with E-state index in [1.165, 1.54) is 25.3 Å². The molecule has 0 saturated heterocycles. The number of amidine groups is 1. The van der Waals surface area contributed by atoms with E-state index in [4.69, 9.17) is 7.74 Å². The first kappa shape index (κ1) is 13.7. The summed E-state index contributed by atoms with van der Waals surface area (Å²) in [5, 5.41) is 2.46. The zero-order valence-corrected chi connectivity index (χ0v) is 10.4. The molecular formula is C12H13B2N2S. The third-order valence-corrected chi connectivity index (χ3v) is 2.73. The number of hydrogen-bond donors (Lipinski definition) is 0. The van der Waals surface area contributed by atoms with Crippen LogP contribution in [0.4, 0.5) is 0 Å². The highest BCUT2D eigenvalue weighted by atomic mass is 32.2. The van der Waals surface area contributed by atoms with Crippen molar-refractivity contribution in [3.63, 3.8) is 0 Å². The van der Waals surface area contributed by atoms with Crippen LogP contribution < -0.4 is 0 Å². The van der Waals surface area contributed by atoms with Gasteiger partial charge >= 0.3 is 0 Å². The van der Waals surface area contributed by atoms with Gasteiger partial charge in [-0.3, -0.25) is 0 Å². The Hall–Kier alpha value is -1.35. The Labute approximate surface area is 109 Å². The van der Waals surface area contributed by atoms with Gasteiger partial charge in [0.1, 0.15) is 0 Å². The molecule has 0 fully saturated rings. The molecule has 3 radical (unpaired) electrons. The molecule has 0 atom stereocenters. The number of hydrogen-bond acceptors (Lipinski definition) is 2. The SMILES string of the molecule is [B][B]N(Cc1ccccc1)C(=NC=C)SC=C. The van der Waals surface area contributed by atoms with E-state index < -0.39 is 0 Å². The topological polar surface area (TPSA) is 15.6 Å². The lowest BCUT2D eigenvalue weighted by Crippen LogP contribution is -2.32. The van der Waals surface area contributed by atoms with Crippen LogP contribution in [0.1, 0.15) is 5.56 Å². The molecule has 83 valence electrons. The Morgan fingerprint density at radius 3 is 2.65 bits per heavy atom. The van der Waals surface area contributed by atoms with Crippen LogP contribution in [0.25, 0.3) is 0 Å². The second-order valence-electron chi connectivity index (χ2n) is 3.14. The van der Waals surface area contributed by atoms with E-state index in [2.05, 4.69) is 18.2 Å². The Morgan fingerprint density at radius 1 is 1.41 bits per heavy atom. The minimum absolute atomic E-state index is 0.671. The van der Waals surface area contributed by atoms with Gasteiger partial charge in [0.25, 0.3) is 0 Å². The normalized spacial score (nSPS) is 10.7. The lowest BCUT2D eigenvalue weighted by Gasteiger charge is -2.23. The fourth-order valence-corrected chi connectivity index (χ4v) is 1.83. The minimum Gasteiger partial charge on any atom is -0.404 e. The molecule has 0 aliphatic heterocycles. The zero-order valence-electron chi connectivity index (χ0n) is 9.62. The molecule has 5 heteroatoms. The predicted octanol–water partition coefficient (Wildman–Crippen LogP) is 2.57. The number of rotatable bonds is 5. The van der Waals surface area contributed by atoms with E-state index in [1.807, 2.05) is 35.1 Å². The van der Waals surface area contributed by atoms with E-state index in [0.717, 1.165) is 10.7 Å². The Kier molecular flexibility index (Phi) is 6.33. The van der Waals surface area contributed by atoms with Crippen LogP contribution in [0.15, 0.2) is 60.1 Å². The molecule has 0 bridgehead atoms. The van der Waals surface area contributed by atoms with Gasteiger partial charge in [-0.25, -0.2) is 4.99 Å². The van der Waals surface area contributed by atoms with Crippen molar-refractivity contribution in [2.45, 2.75) is 6.54 Å². The predicted molar refractivity (Wildman–Crippen MR) is 78.9 cm³/mol. The maximum absolute atomic E-state index is 5.62. The molecule has 0 aliphatic carbocycles. The summed E-state index contributed by atoms with van der Waals surface area (Å²) < 4.78 is 0. The molecule has 0 heterocycles. The number of benzene rings is 1. The van der Waals surface area contributed by atoms with Gasteiger partial charge in [0.05, 0.1) is 0 Å². The van der Waals surface area contributed by atoms with Gasteiger partial charge in [-0.15, -0.1) is 0 Å². The molecule has 2 nitrogen and oxygen atoms in total. The summed E-state index contributed by atoms with van der Waals surface area (Å²) in [6.45, 7) is 7.93. The maximum Gasteiger partial charge on any atom is 0.187 e. The Morgan fingerprint density at radius 2 is 2.12 bits per heavy atom. The standard InChI is InChI=1S/C12H13B2N2S/c1-3-15-12(17-4-2)16(14-13)10-11-8-6-5-7-9-11/h3-9H,1-2,10H2. The second-order valence-corrected chi connectivity index (χ2v) is 4.08. The molecule has 1 aromatic carbocycles. The van der Waals surface area contributed by atoms with Crippen molar-refractivity contribution in [3.8, 4) is 0 Å². The smallest absolute Gasteiger partial charge is 0.187 e. The number of nitrogens with zero attached hydrogens (tertiary/aromatic N) is 2. The van der Waals surface area contributed by atoms with Gasteiger partial charge < -0.3 is 4.81 Å². The average Bonchev–Trinajstić information content (AvgIpc) is 2.37. The number of thioether (sulfide) groups is 1. The Balaban J connectivity index is 2.79. The van der Waals surface area contributed by atoms with Crippen molar-refractivity contribution in [2.75, 3.05) is 0 Å². The molecular weight excluding hydrogens is 226 g/mol. The third-order valence-electron chi connectivity index (χ3n) is 2.01. The Bertz CT molecular complexity index is 393. The molecule has 0 saturated carbocycles. The highest BCUT2D eigenvalue weighted by molar-refractivity contribution is 8.16. The highest BCUT2D eigenvalue weighted by Crippen LogP contribution is 2.12. The first-order chi connectivity index (χ1) is 8.31. The zero-order chi connectivity index (χ0) is 12.5. The fraction of sp³-hybridized carbons (Fsp3) is 0.0833. The van der Waals surface area contributed by atoms with Crippen LogP contribution in [-0.2, 0) is 6.54 Å². The highest BCUT2D eigenvalue weighted by Gasteiger charge is 2.08. The van der Waals surface area contributed by atoms with Crippen LogP contribution in [0.3, 0.4) is 0 Å². The molecule has 0 amide bonds. The van der Waals surface area contributed by atoms with Crippen molar-refractivity contribution in [2.24, 2.45) is 4.99 Å².